The maximum atomic E-state index is 13.7. The molecule has 0 N–H and O–H groups in total. The lowest BCUT2D eigenvalue weighted by Crippen LogP contribution is -2.53. The number of fused-ring (bicyclic) bond motifs is 1. The molecule has 2 unspecified atom stereocenters. The van der Waals surface area contributed by atoms with Crippen molar-refractivity contribution in [1.29, 1.82) is 0 Å². The van der Waals surface area contributed by atoms with Crippen molar-refractivity contribution in [3.8, 4) is 0 Å². The number of Topliss-reactive ketones (excluding diaryl/α,β-unsaturated/α-hetero) is 1. The molecule has 2 atom stereocenters. The Balaban J connectivity index is 1.75. The normalized spacial score (nSPS) is 23.4. The van der Waals surface area contributed by atoms with Crippen LogP contribution in [0.5, 0.6) is 0 Å². The van der Waals surface area contributed by atoms with Crippen LogP contribution in [-0.2, 0) is 36.3 Å². The maximum Gasteiger partial charge on any atom is 0.316 e. The quantitative estimate of drug-likeness (QED) is 0.299. The van der Waals surface area contributed by atoms with Gasteiger partial charge >= 0.3 is 5.97 Å². The van der Waals surface area contributed by atoms with E-state index in [0.717, 1.165) is 16.5 Å². The topological polar surface area (TPSA) is 66.8 Å². The lowest BCUT2D eigenvalue weighted by molar-refractivity contribution is -0.207. The number of aromatic nitrogens is 1. The fraction of sp³-hybridized carbons (Fsp3) is 0.565. The number of para-hydroxylation sites is 1. The zero-order valence-electron chi connectivity index (χ0n) is 18.5. The number of esters is 1. The smallest absolute Gasteiger partial charge is 0.316 e. The molecule has 1 aromatic heterocycles. The van der Waals surface area contributed by atoms with Crippen LogP contribution in [0.25, 0.3) is 10.9 Å². The number of alkyl halides is 3. The third-order valence-corrected chi connectivity index (χ3v) is 7.51. The van der Waals surface area contributed by atoms with Crippen molar-refractivity contribution in [1.82, 2.24) is 4.57 Å². The Bertz CT molecular complexity index is 1080. The van der Waals surface area contributed by atoms with Gasteiger partial charge in [0.15, 0.2) is 11.6 Å². The number of nitrogens with zero attached hydrogens (tertiary/aromatic N) is 1. The van der Waals surface area contributed by atoms with Gasteiger partial charge in [0.1, 0.15) is 17.7 Å². The molecule has 1 spiro atoms. The average Bonchev–Trinajstić information content (AvgIpc) is 3.30. The van der Waals surface area contributed by atoms with Crippen LogP contribution < -0.4 is 0 Å². The Morgan fingerprint density at radius 3 is 2.45 bits per heavy atom. The molecule has 1 aromatic carbocycles. The highest BCUT2D eigenvalue weighted by Gasteiger charge is 2.56. The molecule has 180 valence electrons. The van der Waals surface area contributed by atoms with Crippen molar-refractivity contribution in [3.05, 3.63) is 35.0 Å². The van der Waals surface area contributed by atoms with E-state index in [1.807, 2.05) is 49.7 Å². The van der Waals surface area contributed by atoms with Gasteiger partial charge in [0.05, 0.1) is 13.2 Å². The van der Waals surface area contributed by atoms with Crippen molar-refractivity contribution in [3.63, 3.8) is 0 Å². The molecule has 4 rings (SSSR count). The van der Waals surface area contributed by atoms with E-state index >= 15 is 0 Å². The van der Waals surface area contributed by atoms with Crippen LogP contribution in [0, 0.1) is 11.8 Å². The Hall–Kier alpha value is -1.02. The molecule has 2 aromatic rings. The molecule has 0 amide bonds. The van der Waals surface area contributed by atoms with Gasteiger partial charge in [-0.3, -0.25) is 9.59 Å². The van der Waals surface area contributed by atoms with Crippen molar-refractivity contribution in [2.75, 3.05) is 19.8 Å². The number of hydrogen-bond donors (Lipinski definition) is 0. The van der Waals surface area contributed by atoms with E-state index in [-0.39, 0.29) is 12.2 Å². The summed E-state index contributed by atoms with van der Waals surface area (Å²) in [5, 5.41) is 1.49. The van der Waals surface area contributed by atoms with Gasteiger partial charge in [-0.1, -0.05) is 78.5 Å². The predicted octanol–water partition coefficient (Wildman–Crippen LogP) is 5.36. The van der Waals surface area contributed by atoms with Crippen LogP contribution in [0.4, 0.5) is 0 Å². The molecular weight excluding hydrogens is 512 g/mol. The summed E-state index contributed by atoms with van der Waals surface area (Å²) in [6.07, 6.45) is 0.354. The van der Waals surface area contributed by atoms with Gasteiger partial charge in [0.2, 0.25) is 3.79 Å². The first-order valence-corrected chi connectivity index (χ1v) is 12.2. The largest absolute Gasteiger partial charge is 0.461 e. The number of ketones is 1. The number of halogens is 4. The third kappa shape index (κ3) is 4.63. The van der Waals surface area contributed by atoms with Crippen molar-refractivity contribution < 1.29 is 23.8 Å². The summed E-state index contributed by atoms with van der Waals surface area (Å²) in [5.41, 5.74) is 1.05. The average molecular weight is 537 g/mol. The molecule has 10 heteroatoms. The zero-order valence-corrected chi connectivity index (χ0v) is 21.5. The second-order valence-electron chi connectivity index (χ2n) is 9.21. The predicted molar refractivity (Wildman–Crippen MR) is 128 cm³/mol. The van der Waals surface area contributed by atoms with E-state index in [4.69, 9.17) is 60.6 Å². The van der Waals surface area contributed by atoms with Gasteiger partial charge in [-0.05, 0) is 6.07 Å². The number of ether oxygens (including phenoxy) is 3. The van der Waals surface area contributed by atoms with Crippen LogP contribution >= 0.6 is 46.4 Å². The molecule has 1 aliphatic heterocycles. The third-order valence-electron chi connectivity index (χ3n) is 6.74. The van der Waals surface area contributed by atoms with E-state index in [1.54, 1.807) is 0 Å². The zero-order chi connectivity index (χ0) is 24.2. The molecule has 6 nitrogen and oxygen atoms in total. The molecular formula is C23H25Cl4NO5. The summed E-state index contributed by atoms with van der Waals surface area (Å²) in [4.78, 5) is 26.7. The maximum absolute atomic E-state index is 13.7. The molecule has 1 saturated heterocycles. The van der Waals surface area contributed by atoms with E-state index in [9.17, 15) is 9.59 Å². The molecule has 1 aliphatic carbocycles. The Kier molecular flexibility index (Phi) is 6.75. The van der Waals surface area contributed by atoms with Gasteiger partial charge < -0.3 is 18.8 Å². The van der Waals surface area contributed by atoms with E-state index in [0.29, 0.717) is 24.8 Å². The Morgan fingerprint density at radius 2 is 1.82 bits per heavy atom. The molecule has 33 heavy (non-hydrogen) atoms. The fourth-order valence-electron chi connectivity index (χ4n) is 5.10. The molecule has 2 heterocycles. The number of rotatable bonds is 4. The van der Waals surface area contributed by atoms with Gasteiger partial charge in [-0.25, -0.2) is 0 Å². The number of benzene rings is 1. The first kappa shape index (κ1) is 25.1. The Labute approximate surface area is 212 Å². The van der Waals surface area contributed by atoms with E-state index in [2.05, 4.69) is 0 Å². The summed E-state index contributed by atoms with van der Waals surface area (Å²) >= 11 is 24.0. The SMILES string of the molecule is Cn1c(Cl)c(C(C)(C)C2CC3(CC(C(=O)OCC(Cl)(Cl)Cl)C2=O)OCCO3)c2ccccc21. The van der Waals surface area contributed by atoms with Crippen LogP contribution in [-0.4, -0.2) is 45.7 Å². The minimum absolute atomic E-state index is 0.0559. The lowest BCUT2D eigenvalue weighted by atomic mass is 9.62. The Morgan fingerprint density at radius 1 is 1.18 bits per heavy atom. The summed E-state index contributed by atoms with van der Waals surface area (Å²) < 4.78 is 17.2. The standard InChI is InChI=1S/C23H25Cl4NO5/c1-21(2,17-13-6-4-5-7-16(13)28(3)19(17)24)15-11-22(32-8-9-33-22)10-14(18(15)29)20(30)31-12-23(25,26)27/h4-7,14-15H,8-12H2,1-3H3. The van der Waals surface area contributed by atoms with Crippen molar-refractivity contribution >= 4 is 69.1 Å². The molecule has 0 bridgehead atoms. The van der Waals surface area contributed by atoms with Crippen molar-refractivity contribution in [2.45, 2.75) is 41.7 Å². The number of carbonyl (C=O) groups is 2. The minimum atomic E-state index is -1.78. The molecule has 0 radical (unpaired) electrons. The van der Waals surface area contributed by atoms with Crippen LogP contribution in [0.3, 0.4) is 0 Å². The second-order valence-corrected chi connectivity index (χ2v) is 12.1. The summed E-state index contributed by atoms with van der Waals surface area (Å²) in [5.74, 6) is -3.81. The van der Waals surface area contributed by atoms with Crippen molar-refractivity contribution in [2.24, 2.45) is 18.9 Å². The number of hydrogen-bond acceptors (Lipinski definition) is 5. The van der Waals surface area contributed by atoms with Gasteiger partial charge in [0, 0.05) is 47.7 Å². The van der Waals surface area contributed by atoms with Crippen LogP contribution in [0.1, 0.15) is 32.3 Å². The number of carbonyl (C=O) groups excluding carboxylic acids is 2. The van der Waals surface area contributed by atoms with Gasteiger partial charge in [0.25, 0.3) is 0 Å². The highest BCUT2D eigenvalue weighted by atomic mass is 35.6. The van der Waals surface area contributed by atoms with E-state index < -0.39 is 39.4 Å². The van der Waals surface area contributed by atoms with Gasteiger partial charge in [-0.15, -0.1) is 0 Å². The molecule has 2 fully saturated rings. The summed E-state index contributed by atoms with van der Waals surface area (Å²) in [6, 6.07) is 7.83. The first-order valence-electron chi connectivity index (χ1n) is 10.6. The summed E-state index contributed by atoms with van der Waals surface area (Å²) in [6.45, 7) is 4.22. The van der Waals surface area contributed by atoms with Crippen LogP contribution in [0.2, 0.25) is 5.15 Å². The lowest BCUT2D eigenvalue weighted by Gasteiger charge is -2.44. The van der Waals surface area contributed by atoms with E-state index in [1.165, 1.54) is 0 Å². The minimum Gasteiger partial charge on any atom is -0.461 e. The fourth-order valence-corrected chi connectivity index (χ4v) is 5.70. The van der Waals surface area contributed by atoms with Gasteiger partial charge in [-0.2, -0.15) is 0 Å². The summed E-state index contributed by atoms with van der Waals surface area (Å²) in [7, 11) is 1.88. The first-order chi connectivity index (χ1) is 15.4. The second kappa shape index (κ2) is 8.89. The van der Waals surface area contributed by atoms with Crippen LogP contribution in [0.15, 0.2) is 24.3 Å². The molecule has 2 aliphatic rings. The number of aryl methyl sites for hydroxylation is 1. The molecule has 1 saturated carbocycles. The highest BCUT2D eigenvalue weighted by molar-refractivity contribution is 6.67. The monoisotopic (exact) mass is 535 g/mol. The highest BCUT2D eigenvalue weighted by Crippen LogP contribution is 2.50.